The van der Waals surface area contributed by atoms with Gasteiger partial charge in [-0.3, -0.25) is 0 Å². The van der Waals surface area contributed by atoms with Gasteiger partial charge < -0.3 is 0 Å². The molecule has 0 fully saturated rings. The Morgan fingerprint density at radius 2 is 0.702 bits per heavy atom. The molecule has 248 valence electrons. The van der Waals surface area contributed by atoms with E-state index in [1.54, 1.807) is 21.2 Å². The number of benzene rings is 5. The summed E-state index contributed by atoms with van der Waals surface area (Å²) in [5.41, 5.74) is 7.76. The van der Waals surface area contributed by atoms with Crippen molar-refractivity contribution >= 4 is 49.0 Å². The Bertz CT molecular complexity index is 1630. The van der Waals surface area contributed by atoms with Gasteiger partial charge in [0.15, 0.2) is 0 Å². The normalized spacial score (nSPS) is 13.8. The molecule has 5 rings (SSSR count). The second-order valence-electron chi connectivity index (χ2n) is 15.1. The van der Waals surface area contributed by atoms with Crippen molar-refractivity contribution in [2.24, 2.45) is 0 Å². The molecular formula is C44H57P3. The summed E-state index contributed by atoms with van der Waals surface area (Å²) < 4.78 is 0. The van der Waals surface area contributed by atoms with Crippen molar-refractivity contribution in [1.82, 2.24) is 0 Å². The van der Waals surface area contributed by atoms with Gasteiger partial charge in [0.2, 0.25) is 0 Å². The molecule has 0 spiro atoms. The molecule has 0 aliphatic rings. The van der Waals surface area contributed by atoms with Crippen LogP contribution in [0.15, 0.2) is 127 Å². The summed E-state index contributed by atoms with van der Waals surface area (Å²) in [6, 6.07) is 48.7. The van der Waals surface area contributed by atoms with Crippen molar-refractivity contribution in [3.05, 3.63) is 127 Å². The first-order chi connectivity index (χ1) is 22.4. The van der Waals surface area contributed by atoms with Gasteiger partial charge in [-0.25, -0.2) is 0 Å². The van der Waals surface area contributed by atoms with E-state index in [0.717, 1.165) is 0 Å². The Balaban J connectivity index is 1.90. The van der Waals surface area contributed by atoms with Crippen LogP contribution in [0.3, 0.4) is 0 Å². The third-order valence-electron chi connectivity index (χ3n) is 11.7. The van der Waals surface area contributed by atoms with Crippen molar-refractivity contribution in [1.29, 1.82) is 0 Å². The molecule has 0 nitrogen and oxygen atoms in total. The molecule has 0 saturated heterocycles. The molecule has 47 heavy (non-hydrogen) atoms. The summed E-state index contributed by atoms with van der Waals surface area (Å²) in [4.78, 5) is 0. The third-order valence-corrected chi connectivity index (χ3v) is 27.4. The van der Waals surface area contributed by atoms with E-state index < -0.39 is 22.4 Å². The van der Waals surface area contributed by atoms with E-state index in [2.05, 4.69) is 196 Å². The Kier molecular flexibility index (Phi) is 11.3. The molecule has 0 heterocycles. The number of hydrogen-bond donors (Lipinski definition) is 0. The first-order valence-electron chi connectivity index (χ1n) is 17.7. The van der Waals surface area contributed by atoms with E-state index in [1.165, 1.54) is 27.6 Å². The van der Waals surface area contributed by atoms with Crippen LogP contribution in [0.4, 0.5) is 0 Å². The molecule has 0 aliphatic carbocycles. The zero-order valence-corrected chi connectivity index (χ0v) is 33.3. The second-order valence-corrected chi connectivity index (χ2v) is 28.0. The second kappa shape index (κ2) is 14.9. The van der Waals surface area contributed by atoms with E-state index in [1.807, 2.05) is 0 Å². The van der Waals surface area contributed by atoms with Gasteiger partial charge in [0.1, 0.15) is 0 Å². The minimum atomic E-state index is -1.96. The Hall–Kier alpha value is -2.61. The fourth-order valence-electron chi connectivity index (χ4n) is 7.51. The Morgan fingerprint density at radius 1 is 0.383 bits per heavy atom. The predicted octanol–water partition coefficient (Wildman–Crippen LogP) is 10.4. The summed E-state index contributed by atoms with van der Waals surface area (Å²) in [5.74, 6) is 0. The van der Waals surface area contributed by atoms with Gasteiger partial charge in [-0.1, -0.05) is 0 Å². The summed E-state index contributed by atoms with van der Waals surface area (Å²) in [6.07, 6.45) is 0. The van der Waals surface area contributed by atoms with Crippen LogP contribution in [0.1, 0.15) is 55.4 Å². The molecule has 3 heteroatoms. The van der Waals surface area contributed by atoms with Crippen molar-refractivity contribution in [2.75, 3.05) is 13.3 Å². The molecule has 0 aromatic heterocycles. The first kappa shape index (κ1) is 35.7. The van der Waals surface area contributed by atoms with E-state index >= 15 is 0 Å². The van der Waals surface area contributed by atoms with Gasteiger partial charge in [0.05, 0.1) is 0 Å². The van der Waals surface area contributed by atoms with Crippen LogP contribution in [0.5, 0.6) is 0 Å². The van der Waals surface area contributed by atoms with Gasteiger partial charge in [-0.2, -0.15) is 0 Å². The Labute approximate surface area is 288 Å². The van der Waals surface area contributed by atoms with Crippen molar-refractivity contribution in [3.8, 4) is 22.3 Å². The van der Waals surface area contributed by atoms with Crippen LogP contribution in [0.2, 0.25) is 0 Å². The average molecular weight is 679 g/mol. The average Bonchev–Trinajstić information content (AvgIpc) is 3.08. The molecule has 5 aromatic carbocycles. The van der Waals surface area contributed by atoms with Gasteiger partial charge in [0.25, 0.3) is 0 Å². The number of hydrogen-bond acceptors (Lipinski definition) is 0. The first-order valence-corrected chi connectivity index (χ1v) is 24.3. The fraction of sp³-hybridized carbons (Fsp3) is 0.318. The van der Waals surface area contributed by atoms with Crippen LogP contribution in [0, 0.1) is 0 Å². The molecular weight excluding hydrogens is 621 g/mol. The summed E-state index contributed by atoms with van der Waals surface area (Å²) in [6.45, 7) is 25.2. The molecule has 0 radical (unpaired) electrons. The summed E-state index contributed by atoms with van der Waals surface area (Å²) >= 11 is 0. The minimum absolute atomic E-state index is 0.616. The van der Waals surface area contributed by atoms with E-state index in [9.17, 15) is 0 Å². The van der Waals surface area contributed by atoms with Crippen molar-refractivity contribution < 1.29 is 0 Å². The quantitative estimate of drug-likeness (QED) is 0.122. The van der Waals surface area contributed by atoms with E-state index in [-0.39, 0.29) is 0 Å². The van der Waals surface area contributed by atoms with Crippen LogP contribution >= 0.6 is 22.4 Å². The topological polar surface area (TPSA) is 0 Å². The maximum absolute atomic E-state index is 2.66. The Morgan fingerprint density at radius 3 is 1.02 bits per heavy atom. The molecule has 0 N–H and O–H groups in total. The van der Waals surface area contributed by atoms with Gasteiger partial charge >= 0.3 is 290 Å². The SMILES string of the molecule is CC(C)[PH](C)(c1cc(-c2ccccc2)ccc1P(c1ccccc1)c1ccc(-c2ccccc2)cc1[PH](C)(C(C)C)C(C)C)C(C)C. The van der Waals surface area contributed by atoms with Crippen LogP contribution in [-0.4, -0.2) is 36.0 Å². The molecule has 0 bridgehead atoms. The van der Waals surface area contributed by atoms with Gasteiger partial charge in [-0.15, -0.1) is 0 Å². The van der Waals surface area contributed by atoms with E-state index in [4.69, 9.17) is 0 Å². The van der Waals surface area contributed by atoms with Gasteiger partial charge in [0, 0.05) is 0 Å². The zero-order valence-electron chi connectivity index (χ0n) is 30.4. The molecule has 0 saturated carbocycles. The van der Waals surface area contributed by atoms with Crippen LogP contribution in [0.25, 0.3) is 22.3 Å². The zero-order chi connectivity index (χ0) is 33.9. The van der Waals surface area contributed by atoms with Crippen molar-refractivity contribution in [2.45, 2.75) is 78.0 Å². The van der Waals surface area contributed by atoms with Crippen LogP contribution in [-0.2, 0) is 0 Å². The summed E-state index contributed by atoms with van der Waals surface area (Å²) in [7, 11) is -4.73. The maximum atomic E-state index is 2.66. The molecule has 0 aliphatic heterocycles. The van der Waals surface area contributed by atoms with Crippen molar-refractivity contribution in [3.63, 3.8) is 0 Å². The monoisotopic (exact) mass is 678 g/mol. The van der Waals surface area contributed by atoms with E-state index in [0.29, 0.717) is 22.6 Å². The fourth-order valence-corrected chi connectivity index (χ4v) is 19.3. The van der Waals surface area contributed by atoms with Crippen LogP contribution < -0.4 is 26.5 Å². The molecule has 5 aromatic rings. The summed E-state index contributed by atoms with van der Waals surface area (Å²) in [5, 5.41) is 7.89. The van der Waals surface area contributed by atoms with Gasteiger partial charge in [-0.05, 0) is 0 Å². The molecule has 0 atom stereocenters. The molecule has 0 unspecified atom stereocenters. The number of rotatable bonds is 11. The predicted molar refractivity (Wildman–Crippen MR) is 224 cm³/mol. The molecule has 0 amide bonds. The third kappa shape index (κ3) is 6.95. The standard InChI is InChI=1S/C44H57P3/c1-32(2)46(9,33(3)4)43-30-38(36-20-14-11-15-21-36)26-28-41(43)45(40-24-18-13-19-25-40)42-29-27-39(37-22-16-12-17-23-37)31-44(42)47(10,34(5)6)35(7)8/h11-35,46-47H,1-10H3.